The first-order valence-corrected chi connectivity index (χ1v) is 6.96. The van der Waals surface area contributed by atoms with Crippen molar-refractivity contribution in [3.05, 3.63) is 29.8 Å². The highest BCUT2D eigenvalue weighted by Gasteiger charge is 2.48. The van der Waals surface area contributed by atoms with Gasteiger partial charge in [0, 0.05) is 12.6 Å². The van der Waals surface area contributed by atoms with Crippen molar-refractivity contribution in [2.75, 3.05) is 13.1 Å². The third-order valence-electron chi connectivity index (χ3n) is 4.59. The number of rotatable bonds is 4. The van der Waals surface area contributed by atoms with Gasteiger partial charge in [-0.2, -0.15) is 0 Å². The van der Waals surface area contributed by atoms with E-state index in [4.69, 9.17) is 0 Å². The molecule has 5 heteroatoms. The summed E-state index contributed by atoms with van der Waals surface area (Å²) in [6, 6.07) is 3.05. The second-order valence-corrected chi connectivity index (χ2v) is 5.91. The van der Waals surface area contributed by atoms with Crippen molar-refractivity contribution in [3.8, 4) is 0 Å². The number of halogens is 1. The zero-order valence-electron chi connectivity index (χ0n) is 12.1. The minimum Gasteiger partial charge on any atom is -0.481 e. The molecule has 0 aromatic carbocycles. The Labute approximate surface area is 118 Å². The van der Waals surface area contributed by atoms with Gasteiger partial charge in [-0.3, -0.25) is 14.7 Å². The normalized spacial score (nSPS) is 25.1. The number of carbonyl (C=O) groups is 1. The Hall–Kier alpha value is -1.49. The summed E-state index contributed by atoms with van der Waals surface area (Å²) in [7, 11) is 0. The molecule has 0 radical (unpaired) electrons. The minimum atomic E-state index is -0.728. The van der Waals surface area contributed by atoms with Crippen LogP contribution in [0.2, 0.25) is 0 Å². The van der Waals surface area contributed by atoms with Crippen molar-refractivity contribution in [1.82, 2.24) is 9.88 Å². The molecular weight excluding hydrogens is 259 g/mol. The van der Waals surface area contributed by atoms with Crippen LogP contribution in [0.25, 0.3) is 0 Å². The number of carboxylic acids is 1. The molecule has 1 fully saturated rings. The van der Waals surface area contributed by atoms with E-state index in [-0.39, 0.29) is 17.8 Å². The SMILES string of the molecule is CC(c1ccc(F)cn1)N1CCC(C(=O)O)(C(C)C)C1. The van der Waals surface area contributed by atoms with Gasteiger partial charge in [0.2, 0.25) is 0 Å². The fourth-order valence-electron chi connectivity index (χ4n) is 2.91. The van der Waals surface area contributed by atoms with Crippen LogP contribution in [0.3, 0.4) is 0 Å². The summed E-state index contributed by atoms with van der Waals surface area (Å²) in [5, 5.41) is 9.55. The van der Waals surface area contributed by atoms with Gasteiger partial charge < -0.3 is 5.11 Å². The van der Waals surface area contributed by atoms with Crippen LogP contribution in [0.15, 0.2) is 18.3 Å². The van der Waals surface area contributed by atoms with Crippen molar-refractivity contribution in [2.24, 2.45) is 11.3 Å². The van der Waals surface area contributed by atoms with E-state index >= 15 is 0 Å². The van der Waals surface area contributed by atoms with Crippen LogP contribution in [0, 0.1) is 17.2 Å². The number of pyridine rings is 1. The first kappa shape index (κ1) is 14.9. The number of nitrogens with zero attached hydrogens (tertiary/aromatic N) is 2. The number of aliphatic carboxylic acids is 1. The lowest BCUT2D eigenvalue weighted by Crippen LogP contribution is -2.39. The molecule has 1 aromatic rings. The van der Waals surface area contributed by atoms with Crippen LogP contribution in [0.4, 0.5) is 4.39 Å². The Morgan fingerprint density at radius 1 is 1.45 bits per heavy atom. The summed E-state index contributed by atoms with van der Waals surface area (Å²) in [6.07, 6.45) is 1.85. The van der Waals surface area contributed by atoms with E-state index in [0.717, 1.165) is 12.2 Å². The summed E-state index contributed by atoms with van der Waals surface area (Å²) >= 11 is 0. The van der Waals surface area contributed by atoms with Gasteiger partial charge in [0.1, 0.15) is 5.82 Å². The second-order valence-electron chi connectivity index (χ2n) is 5.91. The fourth-order valence-corrected chi connectivity index (χ4v) is 2.91. The first-order chi connectivity index (χ1) is 9.36. The summed E-state index contributed by atoms with van der Waals surface area (Å²) in [5.74, 6) is -1.00. The highest BCUT2D eigenvalue weighted by molar-refractivity contribution is 5.75. The highest BCUT2D eigenvalue weighted by Crippen LogP contribution is 2.40. The van der Waals surface area contributed by atoms with Gasteiger partial charge in [0.05, 0.1) is 17.3 Å². The molecule has 0 spiro atoms. The van der Waals surface area contributed by atoms with Crippen LogP contribution in [-0.2, 0) is 4.79 Å². The molecule has 0 saturated carbocycles. The number of aromatic nitrogens is 1. The lowest BCUT2D eigenvalue weighted by atomic mass is 9.76. The Kier molecular flexibility index (Phi) is 4.09. The smallest absolute Gasteiger partial charge is 0.311 e. The molecule has 2 atom stereocenters. The van der Waals surface area contributed by atoms with E-state index in [1.165, 1.54) is 12.3 Å². The Morgan fingerprint density at radius 2 is 2.15 bits per heavy atom. The minimum absolute atomic E-state index is 0.00410. The maximum atomic E-state index is 12.9. The van der Waals surface area contributed by atoms with Gasteiger partial charge in [-0.1, -0.05) is 13.8 Å². The third-order valence-corrected chi connectivity index (χ3v) is 4.59. The summed E-state index contributed by atoms with van der Waals surface area (Å²) in [5.41, 5.74) is 0.0882. The molecule has 1 aromatic heterocycles. The van der Waals surface area contributed by atoms with Crippen molar-refractivity contribution in [1.29, 1.82) is 0 Å². The summed E-state index contributed by atoms with van der Waals surface area (Å²) in [6.45, 7) is 7.14. The van der Waals surface area contributed by atoms with Gasteiger partial charge in [0.15, 0.2) is 0 Å². The fraction of sp³-hybridized carbons (Fsp3) is 0.600. The van der Waals surface area contributed by atoms with Crippen molar-refractivity contribution in [2.45, 2.75) is 33.2 Å². The zero-order valence-corrected chi connectivity index (χ0v) is 12.1. The average Bonchev–Trinajstić information content (AvgIpc) is 2.85. The molecule has 2 unspecified atom stereocenters. The van der Waals surface area contributed by atoms with E-state index in [9.17, 15) is 14.3 Å². The molecule has 1 N–H and O–H groups in total. The van der Waals surface area contributed by atoms with E-state index in [2.05, 4.69) is 9.88 Å². The van der Waals surface area contributed by atoms with Gasteiger partial charge in [-0.25, -0.2) is 4.39 Å². The van der Waals surface area contributed by atoms with E-state index in [1.54, 1.807) is 6.07 Å². The molecule has 4 nitrogen and oxygen atoms in total. The summed E-state index contributed by atoms with van der Waals surface area (Å²) in [4.78, 5) is 17.8. The van der Waals surface area contributed by atoms with Gasteiger partial charge in [0.25, 0.3) is 0 Å². The van der Waals surface area contributed by atoms with Crippen LogP contribution < -0.4 is 0 Å². The number of hydrogen-bond donors (Lipinski definition) is 1. The molecule has 2 rings (SSSR count). The summed E-state index contributed by atoms with van der Waals surface area (Å²) < 4.78 is 12.9. The average molecular weight is 280 g/mol. The van der Waals surface area contributed by atoms with Crippen LogP contribution in [-0.4, -0.2) is 34.0 Å². The Morgan fingerprint density at radius 3 is 2.60 bits per heavy atom. The molecule has 20 heavy (non-hydrogen) atoms. The van der Waals surface area contributed by atoms with Crippen molar-refractivity contribution in [3.63, 3.8) is 0 Å². The topological polar surface area (TPSA) is 53.4 Å². The molecule has 2 heterocycles. The predicted octanol–water partition coefficient (Wildman–Crippen LogP) is 2.71. The highest BCUT2D eigenvalue weighted by atomic mass is 19.1. The van der Waals surface area contributed by atoms with E-state index in [0.29, 0.717) is 13.0 Å². The predicted molar refractivity (Wildman–Crippen MR) is 73.7 cm³/mol. The maximum absolute atomic E-state index is 12.9. The largest absolute Gasteiger partial charge is 0.481 e. The molecule has 0 aliphatic carbocycles. The van der Waals surface area contributed by atoms with Crippen molar-refractivity contribution >= 4 is 5.97 Å². The van der Waals surface area contributed by atoms with Crippen LogP contribution in [0.1, 0.15) is 38.9 Å². The molecule has 0 bridgehead atoms. The Balaban J connectivity index is 2.16. The third kappa shape index (κ3) is 2.54. The number of likely N-dealkylation sites (tertiary alicyclic amines) is 1. The molecule has 1 aliphatic heterocycles. The van der Waals surface area contributed by atoms with Crippen molar-refractivity contribution < 1.29 is 14.3 Å². The molecule has 0 amide bonds. The lowest BCUT2D eigenvalue weighted by Gasteiger charge is -2.30. The second kappa shape index (κ2) is 5.48. The Bertz CT molecular complexity index is 489. The van der Waals surface area contributed by atoms with E-state index in [1.807, 2.05) is 20.8 Å². The van der Waals surface area contributed by atoms with Gasteiger partial charge >= 0.3 is 5.97 Å². The lowest BCUT2D eigenvalue weighted by molar-refractivity contribution is -0.151. The molecule has 110 valence electrons. The van der Waals surface area contributed by atoms with Gasteiger partial charge in [-0.15, -0.1) is 0 Å². The van der Waals surface area contributed by atoms with Crippen LogP contribution >= 0.6 is 0 Å². The van der Waals surface area contributed by atoms with Gasteiger partial charge in [-0.05, 0) is 37.9 Å². The standard InChI is InChI=1S/C15H21FN2O2/c1-10(2)15(14(19)20)6-7-18(9-15)11(3)13-5-4-12(16)8-17-13/h4-5,8,10-11H,6-7,9H2,1-3H3,(H,19,20). The monoisotopic (exact) mass is 280 g/mol. The maximum Gasteiger partial charge on any atom is 0.311 e. The van der Waals surface area contributed by atoms with E-state index < -0.39 is 11.4 Å². The molecule has 1 saturated heterocycles. The number of hydrogen-bond acceptors (Lipinski definition) is 3. The zero-order chi connectivity index (χ0) is 14.9. The first-order valence-electron chi connectivity index (χ1n) is 6.96. The number of carboxylic acid groups (broad SMARTS) is 1. The quantitative estimate of drug-likeness (QED) is 0.921. The molecular formula is C15H21FN2O2. The van der Waals surface area contributed by atoms with Crippen LogP contribution in [0.5, 0.6) is 0 Å². The molecule has 1 aliphatic rings.